The Kier molecular flexibility index (Phi) is 6.00. The summed E-state index contributed by atoms with van der Waals surface area (Å²) < 4.78 is 2.97. The van der Waals surface area contributed by atoms with Crippen LogP contribution in [-0.2, 0) is 17.9 Å². The Morgan fingerprint density at radius 1 is 1.53 bits per heavy atom. The van der Waals surface area contributed by atoms with Gasteiger partial charge in [-0.1, -0.05) is 0 Å². The summed E-state index contributed by atoms with van der Waals surface area (Å²) in [6.07, 6.45) is 0. The molecule has 1 N–H and O–H groups in total. The lowest BCUT2D eigenvalue weighted by Gasteiger charge is -2.20. The van der Waals surface area contributed by atoms with Crippen molar-refractivity contribution < 1.29 is 4.79 Å². The molecule has 0 aliphatic rings. The van der Waals surface area contributed by atoms with Crippen molar-refractivity contribution in [2.75, 3.05) is 13.6 Å². The molecule has 1 atom stereocenters. The third-order valence-electron chi connectivity index (χ3n) is 3.25. The van der Waals surface area contributed by atoms with Crippen LogP contribution >= 0.6 is 15.9 Å². The molecule has 1 unspecified atom stereocenters. The van der Waals surface area contributed by atoms with Crippen molar-refractivity contribution in [3.8, 4) is 0 Å². The van der Waals surface area contributed by atoms with Crippen molar-refractivity contribution in [3.05, 3.63) is 15.9 Å². The van der Waals surface area contributed by atoms with Crippen molar-refractivity contribution in [1.29, 1.82) is 0 Å². The normalized spacial score (nSPS) is 12.5. The zero-order valence-electron chi connectivity index (χ0n) is 12.3. The van der Waals surface area contributed by atoms with Gasteiger partial charge in [0.05, 0.1) is 21.9 Å². The van der Waals surface area contributed by atoms with Crippen LogP contribution in [0.5, 0.6) is 0 Å². The number of likely N-dealkylation sites (N-methyl/N-ethyl adjacent to an activating group) is 1. The lowest BCUT2D eigenvalue weighted by atomic mass is 10.2. The highest BCUT2D eigenvalue weighted by atomic mass is 79.9. The molecule has 0 aliphatic heterocycles. The fourth-order valence-electron chi connectivity index (χ4n) is 1.86. The molecule has 0 saturated heterocycles. The Morgan fingerprint density at radius 3 is 2.68 bits per heavy atom. The number of hydrogen-bond donors (Lipinski definition) is 1. The Morgan fingerprint density at radius 2 is 2.16 bits per heavy atom. The molecular formula is C13H23BrN4O. The Hall–Kier alpha value is -0.880. The van der Waals surface area contributed by atoms with Crippen LogP contribution in [0.3, 0.4) is 0 Å². The SMILES string of the molecule is CCN(C)C(=O)C(C)NCc1c(Br)c(C)nn1CC. The number of carbonyl (C=O) groups is 1. The van der Waals surface area contributed by atoms with E-state index >= 15 is 0 Å². The van der Waals surface area contributed by atoms with E-state index in [9.17, 15) is 4.79 Å². The van der Waals surface area contributed by atoms with Crippen molar-refractivity contribution in [2.45, 2.75) is 46.8 Å². The second kappa shape index (κ2) is 7.05. The van der Waals surface area contributed by atoms with Gasteiger partial charge in [-0.15, -0.1) is 0 Å². The highest BCUT2D eigenvalue weighted by molar-refractivity contribution is 9.10. The number of nitrogens with one attached hydrogen (secondary N) is 1. The maximum Gasteiger partial charge on any atom is 0.239 e. The van der Waals surface area contributed by atoms with Gasteiger partial charge in [0.1, 0.15) is 0 Å². The second-order valence-electron chi connectivity index (χ2n) is 4.62. The summed E-state index contributed by atoms with van der Waals surface area (Å²) in [5, 5.41) is 7.70. The number of nitrogens with zero attached hydrogens (tertiary/aromatic N) is 3. The third kappa shape index (κ3) is 3.79. The molecule has 1 rings (SSSR count). The molecule has 108 valence electrons. The predicted octanol–water partition coefficient (Wildman–Crippen LogP) is 1.93. The number of aromatic nitrogens is 2. The van der Waals surface area contributed by atoms with Crippen molar-refractivity contribution in [1.82, 2.24) is 20.0 Å². The lowest BCUT2D eigenvalue weighted by Crippen LogP contribution is -2.43. The Bertz CT molecular complexity index is 444. The molecule has 0 spiro atoms. The maximum atomic E-state index is 12.0. The number of carbonyl (C=O) groups excluding carboxylic acids is 1. The van der Waals surface area contributed by atoms with Gasteiger partial charge >= 0.3 is 0 Å². The summed E-state index contributed by atoms with van der Waals surface area (Å²) in [6, 6.07) is -0.197. The highest BCUT2D eigenvalue weighted by Gasteiger charge is 2.18. The Balaban J connectivity index is 2.69. The van der Waals surface area contributed by atoms with E-state index in [0.29, 0.717) is 6.54 Å². The lowest BCUT2D eigenvalue weighted by molar-refractivity contribution is -0.131. The van der Waals surface area contributed by atoms with Gasteiger partial charge < -0.3 is 10.2 Å². The molecular weight excluding hydrogens is 308 g/mol. The average Bonchev–Trinajstić information content (AvgIpc) is 2.69. The maximum absolute atomic E-state index is 12.0. The van der Waals surface area contributed by atoms with Gasteiger partial charge in [0, 0.05) is 26.7 Å². The van der Waals surface area contributed by atoms with E-state index in [-0.39, 0.29) is 11.9 Å². The molecule has 1 amide bonds. The minimum absolute atomic E-state index is 0.109. The van der Waals surface area contributed by atoms with Gasteiger partial charge in [-0.05, 0) is 43.6 Å². The first-order chi connectivity index (χ1) is 8.92. The third-order valence-corrected chi connectivity index (χ3v) is 4.28. The molecule has 0 radical (unpaired) electrons. The highest BCUT2D eigenvalue weighted by Crippen LogP contribution is 2.20. The van der Waals surface area contributed by atoms with E-state index in [2.05, 4.69) is 33.3 Å². The molecule has 1 heterocycles. The van der Waals surface area contributed by atoms with Crippen molar-refractivity contribution in [2.24, 2.45) is 0 Å². The van der Waals surface area contributed by atoms with Gasteiger partial charge in [-0.25, -0.2) is 0 Å². The number of amides is 1. The van der Waals surface area contributed by atoms with E-state index in [1.807, 2.05) is 32.5 Å². The fourth-order valence-corrected chi connectivity index (χ4v) is 2.29. The summed E-state index contributed by atoms with van der Waals surface area (Å²) in [5.74, 6) is 0.109. The van der Waals surface area contributed by atoms with E-state index in [1.165, 1.54) is 0 Å². The number of halogens is 1. The van der Waals surface area contributed by atoms with Crippen LogP contribution in [0.2, 0.25) is 0 Å². The standard InChI is InChI=1S/C13H23BrN4O/c1-6-17(5)13(19)10(4)15-8-11-12(14)9(3)16-18(11)7-2/h10,15H,6-8H2,1-5H3. The smallest absolute Gasteiger partial charge is 0.239 e. The minimum Gasteiger partial charge on any atom is -0.345 e. The molecule has 0 aromatic carbocycles. The summed E-state index contributed by atoms with van der Waals surface area (Å²) in [6.45, 7) is 10.1. The molecule has 0 saturated carbocycles. The van der Waals surface area contributed by atoms with Crippen LogP contribution in [0.15, 0.2) is 4.47 Å². The quantitative estimate of drug-likeness (QED) is 0.867. The van der Waals surface area contributed by atoms with Crippen LogP contribution < -0.4 is 5.32 Å². The van der Waals surface area contributed by atoms with Crippen LogP contribution in [-0.4, -0.2) is 40.2 Å². The van der Waals surface area contributed by atoms with E-state index in [1.54, 1.807) is 4.90 Å². The van der Waals surface area contributed by atoms with Gasteiger partial charge in [0.25, 0.3) is 0 Å². The van der Waals surface area contributed by atoms with Crippen LogP contribution in [0.4, 0.5) is 0 Å². The number of hydrogen-bond acceptors (Lipinski definition) is 3. The first-order valence-corrected chi connectivity index (χ1v) is 7.41. The summed E-state index contributed by atoms with van der Waals surface area (Å²) >= 11 is 3.55. The first kappa shape index (κ1) is 16.2. The molecule has 0 fully saturated rings. The largest absolute Gasteiger partial charge is 0.345 e. The van der Waals surface area contributed by atoms with Gasteiger partial charge in [0.2, 0.25) is 5.91 Å². The summed E-state index contributed by atoms with van der Waals surface area (Å²) in [5.41, 5.74) is 2.06. The zero-order chi connectivity index (χ0) is 14.6. The molecule has 1 aromatic rings. The fraction of sp³-hybridized carbons (Fsp3) is 0.692. The topological polar surface area (TPSA) is 50.2 Å². The van der Waals surface area contributed by atoms with Gasteiger partial charge in [-0.3, -0.25) is 9.48 Å². The van der Waals surface area contributed by atoms with Crippen LogP contribution in [0.25, 0.3) is 0 Å². The summed E-state index contributed by atoms with van der Waals surface area (Å²) in [7, 11) is 1.82. The molecule has 5 nitrogen and oxygen atoms in total. The number of rotatable bonds is 6. The van der Waals surface area contributed by atoms with Crippen LogP contribution in [0.1, 0.15) is 32.2 Å². The van der Waals surface area contributed by atoms with Gasteiger partial charge in [-0.2, -0.15) is 5.10 Å². The zero-order valence-corrected chi connectivity index (χ0v) is 13.9. The van der Waals surface area contributed by atoms with Crippen molar-refractivity contribution in [3.63, 3.8) is 0 Å². The van der Waals surface area contributed by atoms with E-state index in [4.69, 9.17) is 0 Å². The average molecular weight is 331 g/mol. The van der Waals surface area contributed by atoms with E-state index in [0.717, 1.165) is 29.0 Å². The molecule has 6 heteroatoms. The minimum atomic E-state index is -0.197. The van der Waals surface area contributed by atoms with Crippen molar-refractivity contribution >= 4 is 21.8 Å². The monoisotopic (exact) mass is 330 g/mol. The first-order valence-electron chi connectivity index (χ1n) is 6.62. The number of aryl methyl sites for hydroxylation is 2. The van der Waals surface area contributed by atoms with Crippen LogP contribution in [0, 0.1) is 6.92 Å². The second-order valence-corrected chi connectivity index (χ2v) is 5.41. The molecule has 0 aliphatic carbocycles. The summed E-state index contributed by atoms with van der Waals surface area (Å²) in [4.78, 5) is 13.7. The van der Waals surface area contributed by atoms with Gasteiger partial charge in [0.15, 0.2) is 0 Å². The Labute approximate surface area is 123 Å². The predicted molar refractivity (Wildman–Crippen MR) is 80.0 cm³/mol. The molecule has 19 heavy (non-hydrogen) atoms. The van der Waals surface area contributed by atoms with E-state index < -0.39 is 0 Å². The molecule has 1 aromatic heterocycles. The molecule has 0 bridgehead atoms.